The van der Waals surface area contributed by atoms with Crippen LogP contribution < -0.4 is 5.32 Å². The van der Waals surface area contributed by atoms with Gasteiger partial charge in [0.15, 0.2) is 0 Å². The first kappa shape index (κ1) is 14.5. The normalized spacial score (nSPS) is 14.0. The number of aliphatic hydroxyl groups is 1. The van der Waals surface area contributed by atoms with Gasteiger partial charge >= 0.3 is 0 Å². The van der Waals surface area contributed by atoms with Crippen LogP contribution in [0.3, 0.4) is 0 Å². The number of nitrogens with one attached hydrogen (secondary N) is 1. The molecular formula is C17H18N4OS. The summed E-state index contributed by atoms with van der Waals surface area (Å²) >= 11 is 1.80. The molecule has 0 amide bonds. The number of pyridine rings is 1. The molecular weight excluding hydrogens is 308 g/mol. The van der Waals surface area contributed by atoms with Crippen LogP contribution in [0, 0.1) is 0 Å². The Morgan fingerprint density at radius 3 is 2.91 bits per heavy atom. The highest BCUT2D eigenvalue weighted by atomic mass is 32.1. The Labute approximate surface area is 138 Å². The molecule has 0 aromatic carbocycles. The van der Waals surface area contributed by atoms with E-state index in [0.29, 0.717) is 12.2 Å². The first-order valence-corrected chi connectivity index (χ1v) is 8.71. The van der Waals surface area contributed by atoms with Crippen molar-refractivity contribution in [3.63, 3.8) is 0 Å². The van der Waals surface area contributed by atoms with Crippen molar-refractivity contribution in [2.24, 2.45) is 0 Å². The fourth-order valence-corrected chi connectivity index (χ4v) is 4.34. The van der Waals surface area contributed by atoms with Gasteiger partial charge in [-0.15, -0.1) is 11.3 Å². The van der Waals surface area contributed by atoms with Gasteiger partial charge in [0.2, 0.25) is 0 Å². The standard InChI is InChI=1S/C17H18N4OS/c22-9-12-5-3-4-11(21-12)8-18-16-15-13-6-1-2-7-14(13)23-17(15)20-10-19-16/h3-5,10,22H,1-2,6-9H2,(H,18,19,20). The number of fused-ring (bicyclic) bond motifs is 3. The Balaban J connectivity index is 1.65. The maximum atomic E-state index is 9.19. The van der Waals surface area contributed by atoms with Crippen molar-refractivity contribution in [1.29, 1.82) is 0 Å². The van der Waals surface area contributed by atoms with Gasteiger partial charge in [-0.1, -0.05) is 6.07 Å². The van der Waals surface area contributed by atoms with Crippen molar-refractivity contribution < 1.29 is 5.11 Å². The average Bonchev–Trinajstić information content (AvgIpc) is 2.99. The third kappa shape index (κ3) is 2.80. The molecule has 0 unspecified atom stereocenters. The van der Waals surface area contributed by atoms with Crippen LogP contribution >= 0.6 is 11.3 Å². The van der Waals surface area contributed by atoms with Crippen LogP contribution in [-0.4, -0.2) is 20.1 Å². The molecule has 118 valence electrons. The molecule has 23 heavy (non-hydrogen) atoms. The number of aromatic nitrogens is 3. The average molecular weight is 326 g/mol. The van der Waals surface area contributed by atoms with Gasteiger partial charge in [-0.25, -0.2) is 9.97 Å². The molecule has 1 aliphatic rings. The van der Waals surface area contributed by atoms with Crippen LogP contribution in [0.15, 0.2) is 24.5 Å². The minimum Gasteiger partial charge on any atom is -0.390 e. The number of hydrogen-bond donors (Lipinski definition) is 2. The van der Waals surface area contributed by atoms with Crippen molar-refractivity contribution in [2.45, 2.75) is 38.8 Å². The number of nitrogens with zero attached hydrogens (tertiary/aromatic N) is 3. The van der Waals surface area contributed by atoms with Gasteiger partial charge < -0.3 is 10.4 Å². The van der Waals surface area contributed by atoms with E-state index in [1.54, 1.807) is 17.7 Å². The highest BCUT2D eigenvalue weighted by molar-refractivity contribution is 7.19. The van der Waals surface area contributed by atoms with Crippen molar-refractivity contribution >= 4 is 27.4 Å². The second-order valence-electron chi connectivity index (χ2n) is 5.75. The quantitative estimate of drug-likeness (QED) is 0.771. The molecule has 0 radical (unpaired) electrons. The molecule has 0 saturated heterocycles. The molecule has 0 bridgehead atoms. The lowest BCUT2D eigenvalue weighted by atomic mass is 9.97. The van der Waals surface area contributed by atoms with Gasteiger partial charge in [-0.2, -0.15) is 0 Å². The summed E-state index contributed by atoms with van der Waals surface area (Å²) in [5, 5.41) is 13.8. The summed E-state index contributed by atoms with van der Waals surface area (Å²) in [6.45, 7) is 0.550. The predicted molar refractivity (Wildman–Crippen MR) is 91.5 cm³/mol. The third-order valence-electron chi connectivity index (χ3n) is 4.21. The second-order valence-corrected chi connectivity index (χ2v) is 6.83. The van der Waals surface area contributed by atoms with Gasteiger partial charge in [-0.3, -0.25) is 4.98 Å². The highest BCUT2D eigenvalue weighted by Crippen LogP contribution is 2.38. The molecule has 0 aliphatic heterocycles. The molecule has 3 aromatic rings. The predicted octanol–water partition coefficient (Wildman–Crippen LogP) is 3.07. The zero-order valence-corrected chi connectivity index (χ0v) is 13.6. The minimum atomic E-state index is -0.0381. The zero-order chi connectivity index (χ0) is 15.6. The van der Waals surface area contributed by atoms with Crippen molar-refractivity contribution in [3.05, 3.63) is 46.4 Å². The molecule has 1 aliphatic carbocycles. The minimum absolute atomic E-state index is 0.0381. The van der Waals surface area contributed by atoms with E-state index in [2.05, 4.69) is 20.3 Å². The SMILES string of the molecule is OCc1cccc(CNc2ncnc3sc4c(c23)CCCC4)n1. The summed E-state index contributed by atoms with van der Waals surface area (Å²) in [6, 6.07) is 5.69. The molecule has 0 saturated carbocycles. The van der Waals surface area contributed by atoms with E-state index in [9.17, 15) is 5.11 Å². The Morgan fingerprint density at radius 1 is 1.13 bits per heavy atom. The number of aryl methyl sites for hydroxylation is 2. The smallest absolute Gasteiger partial charge is 0.138 e. The van der Waals surface area contributed by atoms with Gasteiger partial charge in [0, 0.05) is 4.88 Å². The summed E-state index contributed by atoms with van der Waals surface area (Å²) in [6.07, 6.45) is 6.43. The fourth-order valence-electron chi connectivity index (χ4n) is 3.11. The maximum absolute atomic E-state index is 9.19. The Kier molecular flexibility index (Phi) is 3.93. The first-order chi connectivity index (χ1) is 11.3. The zero-order valence-electron chi connectivity index (χ0n) is 12.7. The van der Waals surface area contributed by atoms with E-state index in [0.717, 1.165) is 29.2 Å². The summed E-state index contributed by atoms with van der Waals surface area (Å²) in [5.74, 6) is 0.894. The topological polar surface area (TPSA) is 70.9 Å². The highest BCUT2D eigenvalue weighted by Gasteiger charge is 2.19. The van der Waals surface area contributed by atoms with Crippen molar-refractivity contribution in [2.75, 3.05) is 5.32 Å². The summed E-state index contributed by atoms with van der Waals surface area (Å²) in [4.78, 5) is 15.9. The molecule has 6 heteroatoms. The third-order valence-corrected chi connectivity index (χ3v) is 5.41. The van der Waals surface area contributed by atoms with Crippen LogP contribution in [-0.2, 0) is 26.0 Å². The lowest BCUT2D eigenvalue weighted by molar-refractivity contribution is 0.276. The lowest BCUT2D eigenvalue weighted by Crippen LogP contribution is -2.06. The van der Waals surface area contributed by atoms with Gasteiger partial charge in [0.25, 0.3) is 0 Å². The largest absolute Gasteiger partial charge is 0.390 e. The Hall–Kier alpha value is -2.05. The number of aliphatic hydroxyl groups excluding tert-OH is 1. The van der Waals surface area contributed by atoms with E-state index in [1.807, 2.05) is 18.2 Å². The molecule has 2 N–H and O–H groups in total. The van der Waals surface area contributed by atoms with Crippen molar-refractivity contribution in [3.8, 4) is 0 Å². The number of anilines is 1. The Morgan fingerprint density at radius 2 is 2.00 bits per heavy atom. The van der Waals surface area contributed by atoms with Gasteiger partial charge in [-0.05, 0) is 43.4 Å². The van der Waals surface area contributed by atoms with Crippen LogP contribution in [0.4, 0.5) is 5.82 Å². The van der Waals surface area contributed by atoms with Gasteiger partial charge in [0.1, 0.15) is 17.0 Å². The monoisotopic (exact) mass is 326 g/mol. The van der Waals surface area contributed by atoms with Crippen LogP contribution in [0.5, 0.6) is 0 Å². The lowest BCUT2D eigenvalue weighted by Gasteiger charge is -2.12. The van der Waals surface area contributed by atoms with E-state index in [1.165, 1.54) is 28.7 Å². The van der Waals surface area contributed by atoms with Crippen LogP contribution in [0.1, 0.15) is 34.7 Å². The first-order valence-electron chi connectivity index (χ1n) is 7.90. The van der Waals surface area contributed by atoms with E-state index in [-0.39, 0.29) is 6.61 Å². The van der Waals surface area contributed by atoms with Crippen LogP contribution in [0.2, 0.25) is 0 Å². The Bertz CT molecular complexity index is 846. The number of rotatable bonds is 4. The van der Waals surface area contributed by atoms with E-state index < -0.39 is 0 Å². The summed E-state index contributed by atoms with van der Waals surface area (Å²) in [5.41, 5.74) is 3.01. The molecule has 3 heterocycles. The second kappa shape index (κ2) is 6.22. The van der Waals surface area contributed by atoms with E-state index in [4.69, 9.17) is 0 Å². The molecule has 3 aromatic heterocycles. The molecule has 5 nitrogen and oxygen atoms in total. The molecule has 0 fully saturated rings. The van der Waals surface area contributed by atoms with Crippen molar-refractivity contribution in [1.82, 2.24) is 15.0 Å². The molecule has 4 rings (SSSR count). The molecule has 0 spiro atoms. The summed E-state index contributed by atoms with van der Waals surface area (Å²) in [7, 11) is 0. The number of hydrogen-bond acceptors (Lipinski definition) is 6. The van der Waals surface area contributed by atoms with Crippen LogP contribution in [0.25, 0.3) is 10.2 Å². The van der Waals surface area contributed by atoms with E-state index >= 15 is 0 Å². The molecule has 0 atom stereocenters. The fraction of sp³-hybridized carbons (Fsp3) is 0.353. The van der Waals surface area contributed by atoms with Gasteiger partial charge in [0.05, 0.1) is 29.9 Å². The summed E-state index contributed by atoms with van der Waals surface area (Å²) < 4.78 is 0. The maximum Gasteiger partial charge on any atom is 0.138 e. The number of thiophene rings is 1.